The number of carbonyl (C=O) groups is 2. The highest BCUT2D eigenvalue weighted by atomic mass is 32.2. The highest BCUT2D eigenvalue weighted by Crippen LogP contribution is 2.33. The van der Waals surface area contributed by atoms with Gasteiger partial charge in [0.05, 0.1) is 18.9 Å². The fourth-order valence-corrected chi connectivity index (χ4v) is 4.71. The van der Waals surface area contributed by atoms with Crippen LogP contribution < -0.4 is 9.47 Å². The predicted molar refractivity (Wildman–Crippen MR) is 127 cm³/mol. The number of hydrazone groups is 1. The zero-order chi connectivity index (χ0) is 23.7. The van der Waals surface area contributed by atoms with Gasteiger partial charge in [0, 0.05) is 13.1 Å². The van der Waals surface area contributed by atoms with Gasteiger partial charge in [-0.3, -0.25) is 10.2 Å². The molecule has 1 aromatic carbocycles. The van der Waals surface area contributed by atoms with Gasteiger partial charge in [0.15, 0.2) is 22.5 Å². The molecule has 2 aromatic rings. The van der Waals surface area contributed by atoms with Crippen LogP contribution in [-0.4, -0.2) is 58.2 Å². The monoisotopic (exact) mass is 479 g/mol. The molecule has 5 rings (SSSR count). The van der Waals surface area contributed by atoms with E-state index >= 15 is 0 Å². The number of rotatable bonds is 4. The molecule has 0 unspecified atom stereocenters. The molecule has 0 radical (unpaired) electrons. The number of benzene rings is 1. The van der Waals surface area contributed by atoms with Gasteiger partial charge in [-0.2, -0.15) is 10.0 Å². The summed E-state index contributed by atoms with van der Waals surface area (Å²) in [6.45, 7) is 1.82. The second kappa shape index (κ2) is 9.18. The van der Waals surface area contributed by atoms with Gasteiger partial charge in [0.25, 0.3) is 5.91 Å². The molecule has 174 valence electrons. The van der Waals surface area contributed by atoms with E-state index in [2.05, 4.69) is 15.0 Å². The van der Waals surface area contributed by atoms with Crippen LogP contribution in [0.2, 0.25) is 0 Å². The smallest absolute Gasteiger partial charge is 0.379 e. The number of furan rings is 1. The summed E-state index contributed by atoms with van der Waals surface area (Å²) >= 11 is 1.32. The maximum absolute atomic E-state index is 12.7. The average Bonchev–Trinajstić information content (AvgIpc) is 3.54. The average molecular weight is 480 g/mol. The van der Waals surface area contributed by atoms with Crippen molar-refractivity contribution >= 4 is 45.9 Å². The van der Waals surface area contributed by atoms with Crippen LogP contribution in [0.1, 0.15) is 35.4 Å². The minimum atomic E-state index is -0.658. The summed E-state index contributed by atoms with van der Waals surface area (Å²) in [6, 6.07) is 7.90. The number of hydrogen-bond acceptors (Lipinski definition) is 9. The molecule has 1 saturated heterocycles. The Morgan fingerprint density at radius 2 is 2.00 bits per heavy atom. The lowest BCUT2D eigenvalue weighted by molar-refractivity contribution is -0.114. The van der Waals surface area contributed by atoms with E-state index in [1.807, 2.05) is 0 Å². The standard InChI is InChI=1S/C23H21N5O5S/c1-31-18-13-14(7-8-16(18)33-21(30)17-6-5-11-32-17)12-15-19(24)28-22(25-20(15)29)34-23(26-28)27-9-3-2-4-10-27/h5-8,11-13,24H,2-4,9-10H2,1H3/b15-12+,24-19?. The molecule has 1 fully saturated rings. The van der Waals surface area contributed by atoms with Crippen LogP contribution in [0.15, 0.2) is 56.7 Å². The molecule has 0 aliphatic carbocycles. The first-order valence-corrected chi connectivity index (χ1v) is 11.5. The zero-order valence-corrected chi connectivity index (χ0v) is 19.1. The van der Waals surface area contributed by atoms with E-state index in [1.165, 1.54) is 42.6 Å². The van der Waals surface area contributed by atoms with Crippen molar-refractivity contribution in [2.75, 3.05) is 20.2 Å². The fourth-order valence-electron chi connectivity index (χ4n) is 3.76. The topological polar surface area (TPSA) is 121 Å². The van der Waals surface area contributed by atoms with Gasteiger partial charge in [-0.15, -0.1) is 5.10 Å². The number of hydrogen-bond donors (Lipinski definition) is 1. The molecule has 1 aromatic heterocycles. The Balaban J connectivity index is 1.38. The number of ether oxygens (including phenoxy) is 2. The molecule has 11 heteroatoms. The van der Waals surface area contributed by atoms with Gasteiger partial charge in [0.1, 0.15) is 0 Å². The number of thioether (sulfide) groups is 1. The van der Waals surface area contributed by atoms with Crippen molar-refractivity contribution in [3.05, 3.63) is 53.5 Å². The summed E-state index contributed by atoms with van der Waals surface area (Å²) in [5.41, 5.74) is 0.684. The summed E-state index contributed by atoms with van der Waals surface area (Å²) < 4.78 is 15.8. The minimum absolute atomic E-state index is 0.0400. The molecule has 4 heterocycles. The molecular formula is C23H21N5O5S. The second-order valence-corrected chi connectivity index (χ2v) is 8.66. The number of nitrogens with zero attached hydrogens (tertiary/aromatic N) is 4. The van der Waals surface area contributed by atoms with Crippen LogP contribution in [-0.2, 0) is 4.79 Å². The predicted octanol–water partition coefficient (Wildman–Crippen LogP) is 3.57. The number of methoxy groups -OCH3 is 1. The van der Waals surface area contributed by atoms with Gasteiger partial charge in [-0.1, -0.05) is 6.07 Å². The largest absolute Gasteiger partial charge is 0.493 e. The van der Waals surface area contributed by atoms with Crippen LogP contribution in [0, 0.1) is 5.41 Å². The molecule has 0 saturated carbocycles. The van der Waals surface area contributed by atoms with Crippen molar-refractivity contribution in [3.63, 3.8) is 0 Å². The number of amides is 1. The summed E-state index contributed by atoms with van der Waals surface area (Å²) in [4.78, 5) is 31.2. The van der Waals surface area contributed by atoms with Gasteiger partial charge in [-0.05, 0) is 66.9 Å². The SMILES string of the molecule is COc1cc(/C=C2\C(=N)N3N=C(N4CCCCC4)SC3=NC2=O)ccc1OC(=O)c1ccco1. The second-order valence-electron chi connectivity index (χ2n) is 7.73. The first kappa shape index (κ1) is 22.0. The summed E-state index contributed by atoms with van der Waals surface area (Å²) in [5.74, 6) is -0.656. The Morgan fingerprint density at radius 3 is 2.74 bits per heavy atom. The Kier molecular flexibility index (Phi) is 5.93. The molecular weight excluding hydrogens is 458 g/mol. The van der Waals surface area contributed by atoms with Crippen molar-refractivity contribution in [1.29, 1.82) is 5.41 Å². The Labute approximate surface area is 199 Å². The van der Waals surface area contributed by atoms with Crippen LogP contribution in [0.4, 0.5) is 0 Å². The van der Waals surface area contributed by atoms with Gasteiger partial charge in [0.2, 0.25) is 10.9 Å². The first-order chi connectivity index (χ1) is 16.5. The minimum Gasteiger partial charge on any atom is -0.493 e. The lowest BCUT2D eigenvalue weighted by atomic mass is 10.1. The maximum atomic E-state index is 12.7. The number of nitrogens with one attached hydrogen (secondary N) is 1. The Morgan fingerprint density at radius 1 is 1.18 bits per heavy atom. The zero-order valence-electron chi connectivity index (χ0n) is 18.3. The molecule has 1 N–H and O–H groups in total. The third kappa shape index (κ3) is 4.21. The Bertz CT molecular complexity index is 1240. The van der Waals surface area contributed by atoms with Crippen molar-refractivity contribution in [2.45, 2.75) is 19.3 Å². The molecule has 0 atom stereocenters. The van der Waals surface area contributed by atoms with Crippen molar-refractivity contribution < 1.29 is 23.5 Å². The lowest BCUT2D eigenvalue weighted by Gasteiger charge is -2.26. The van der Waals surface area contributed by atoms with E-state index in [9.17, 15) is 9.59 Å². The van der Waals surface area contributed by atoms with E-state index in [0.29, 0.717) is 10.7 Å². The lowest BCUT2D eigenvalue weighted by Crippen LogP contribution is -2.35. The van der Waals surface area contributed by atoms with Crippen LogP contribution >= 0.6 is 11.8 Å². The van der Waals surface area contributed by atoms with Gasteiger partial charge in [-0.25, -0.2) is 4.79 Å². The van der Waals surface area contributed by atoms with Gasteiger partial charge >= 0.3 is 5.97 Å². The van der Waals surface area contributed by atoms with E-state index in [4.69, 9.17) is 19.3 Å². The highest BCUT2D eigenvalue weighted by Gasteiger charge is 2.37. The summed E-state index contributed by atoms with van der Waals surface area (Å²) in [6.07, 6.45) is 6.32. The number of likely N-dealkylation sites (tertiary alicyclic amines) is 1. The van der Waals surface area contributed by atoms with Crippen molar-refractivity contribution in [1.82, 2.24) is 9.91 Å². The van der Waals surface area contributed by atoms with E-state index in [-0.39, 0.29) is 28.7 Å². The summed E-state index contributed by atoms with van der Waals surface area (Å²) in [5, 5.41) is 15.7. The third-order valence-electron chi connectivity index (χ3n) is 5.49. The normalized spacial score (nSPS) is 19.1. The number of carbonyl (C=O) groups excluding carboxylic acids is 2. The van der Waals surface area contributed by atoms with Crippen LogP contribution in [0.3, 0.4) is 0 Å². The first-order valence-electron chi connectivity index (χ1n) is 10.7. The summed E-state index contributed by atoms with van der Waals surface area (Å²) in [7, 11) is 1.44. The molecule has 1 amide bonds. The fraction of sp³-hybridized carbons (Fsp3) is 0.261. The molecule has 34 heavy (non-hydrogen) atoms. The van der Waals surface area contributed by atoms with E-state index < -0.39 is 11.9 Å². The molecule has 3 aliphatic heterocycles. The van der Waals surface area contributed by atoms with Gasteiger partial charge < -0.3 is 18.8 Å². The van der Waals surface area contributed by atoms with E-state index in [0.717, 1.165) is 31.1 Å². The number of amidine groups is 3. The third-order valence-corrected chi connectivity index (χ3v) is 6.46. The molecule has 10 nitrogen and oxygen atoms in total. The van der Waals surface area contributed by atoms with E-state index in [1.54, 1.807) is 30.3 Å². The van der Waals surface area contributed by atoms with Crippen LogP contribution in [0.25, 0.3) is 6.08 Å². The molecule has 0 bridgehead atoms. The number of aliphatic imine (C=N–C) groups is 1. The number of esters is 1. The maximum Gasteiger partial charge on any atom is 0.379 e. The number of piperidine rings is 1. The number of fused-ring (bicyclic) bond motifs is 1. The highest BCUT2D eigenvalue weighted by molar-refractivity contribution is 8.26. The Hall–Kier alpha value is -3.86. The molecule has 3 aliphatic rings. The van der Waals surface area contributed by atoms with Crippen molar-refractivity contribution in [3.8, 4) is 11.5 Å². The van der Waals surface area contributed by atoms with Crippen LogP contribution in [0.5, 0.6) is 11.5 Å². The quantitative estimate of drug-likeness (QED) is 0.401. The molecule has 0 spiro atoms. The van der Waals surface area contributed by atoms with Crippen molar-refractivity contribution in [2.24, 2.45) is 10.1 Å².